The van der Waals surface area contributed by atoms with Crippen molar-refractivity contribution in [1.82, 2.24) is 0 Å². The molecule has 1 heterocycles. The van der Waals surface area contributed by atoms with Crippen molar-refractivity contribution in [3.05, 3.63) is 64.4 Å². The Hall–Kier alpha value is -1.55. The maximum Gasteiger partial charge on any atom is 0.124 e. The smallest absolute Gasteiger partial charge is 0.124 e. The number of ether oxygens (including phenoxy) is 1. The summed E-state index contributed by atoms with van der Waals surface area (Å²) in [5.74, 6) is 0.847. The maximum absolute atomic E-state index is 6.43. The Morgan fingerprint density at radius 1 is 1.05 bits per heavy atom. The number of fused-ring (bicyclic) bond motifs is 1. The van der Waals surface area contributed by atoms with Crippen LogP contribution in [0.4, 0.5) is 0 Å². The molecule has 0 aliphatic carbocycles. The Balaban J connectivity index is 0.00000147. The normalized spacial score (nSPS) is 11.9. The van der Waals surface area contributed by atoms with E-state index in [4.69, 9.17) is 10.5 Å². The quantitative estimate of drug-likeness (QED) is 0.779. The van der Waals surface area contributed by atoms with Crippen LogP contribution in [0.15, 0.2) is 53.9 Å². The van der Waals surface area contributed by atoms with E-state index in [2.05, 4.69) is 24.3 Å². The lowest BCUT2D eigenvalue weighted by Gasteiger charge is -2.17. The summed E-state index contributed by atoms with van der Waals surface area (Å²) in [4.78, 5) is 1.15. The largest absolute Gasteiger partial charge is 0.496 e. The van der Waals surface area contributed by atoms with Gasteiger partial charge in [0.05, 0.1) is 13.2 Å². The summed E-state index contributed by atoms with van der Waals surface area (Å²) in [6.07, 6.45) is 0. The number of hydrogen-bond donors (Lipinski definition) is 1. The van der Waals surface area contributed by atoms with Gasteiger partial charge < -0.3 is 10.5 Å². The molecular weight excluding hydrogens is 290 g/mol. The van der Waals surface area contributed by atoms with Gasteiger partial charge >= 0.3 is 0 Å². The van der Waals surface area contributed by atoms with E-state index >= 15 is 0 Å². The van der Waals surface area contributed by atoms with Crippen molar-refractivity contribution < 1.29 is 4.74 Å². The molecular formula is C16H16ClNOS. The number of nitrogens with two attached hydrogens (primary N) is 1. The van der Waals surface area contributed by atoms with Crippen molar-refractivity contribution in [2.45, 2.75) is 6.04 Å². The van der Waals surface area contributed by atoms with Gasteiger partial charge in [0, 0.05) is 10.4 Å². The third-order valence-electron chi connectivity index (χ3n) is 3.31. The second-order valence-electron chi connectivity index (χ2n) is 4.40. The number of methoxy groups -OCH3 is 1. The van der Waals surface area contributed by atoms with Gasteiger partial charge in [0.2, 0.25) is 0 Å². The molecule has 2 nitrogen and oxygen atoms in total. The summed E-state index contributed by atoms with van der Waals surface area (Å²) in [6, 6.07) is 16.3. The molecule has 104 valence electrons. The van der Waals surface area contributed by atoms with Crippen LogP contribution in [-0.2, 0) is 0 Å². The first kappa shape index (κ1) is 14.9. The van der Waals surface area contributed by atoms with Crippen molar-refractivity contribution in [2.75, 3.05) is 7.11 Å². The van der Waals surface area contributed by atoms with Gasteiger partial charge in [-0.05, 0) is 28.3 Å². The molecule has 0 radical (unpaired) electrons. The molecule has 0 saturated carbocycles. The van der Waals surface area contributed by atoms with Crippen LogP contribution in [0.25, 0.3) is 10.8 Å². The van der Waals surface area contributed by atoms with Crippen LogP contribution in [0.5, 0.6) is 5.75 Å². The molecule has 20 heavy (non-hydrogen) atoms. The molecule has 3 aromatic rings. The van der Waals surface area contributed by atoms with Crippen LogP contribution in [0.2, 0.25) is 0 Å². The summed E-state index contributed by atoms with van der Waals surface area (Å²) >= 11 is 1.67. The highest BCUT2D eigenvalue weighted by Gasteiger charge is 2.17. The highest BCUT2D eigenvalue weighted by molar-refractivity contribution is 7.10. The van der Waals surface area contributed by atoms with Crippen molar-refractivity contribution in [1.29, 1.82) is 0 Å². The maximum atomic E-state index is 6.43. The number of benzene rings is 2. The van der Waals surface area contributed by atoms with E-state index in [-0.39, 0.29) is 18.4 Å². The van der Waals surface area contributed by atoms with Gasteiger partial charge in [-0.25, -0.2) is 0 Å². The topological polar surface area (TPSA) is 35.2 Å². The standard InChI is InChI=1S/C16H15NOS.ClH/c1-18-13-9-8-11-5-2-3-6-12(11)15(13)16(17)14-7-4-10-19-14;/h2-10,16H,17H2,1H3;1H/t16-;/m1./s1. The molecule has 3 rings (SSSR count). The molecule has 0 amide bonds. The summed E-state index contributed by atoms with van der Waals surface area (Å²) in [6.45, 7) is 0. The molecule has 0 bridgehead atoms. The summed E-state index contributed by atoms with van der Waals surface area (Å²) in [7, 11) is 1.69. The lowest BCUT2D eigenvalue weighted by Crippen LogP contribution is -2.12. The monoisotopic (exact) mass is 305 g/mol. The van der Waals surface area contributed by atoms with Gasteiger partial charge in [-0.3, -0.25) is 0 Å². The lowest BCUT2D eigenvalue weighted by molar-refractivity contribution is 0.409. The zero-order valence-corrected chi connectivity index (χ0v) is 12.7. The fourth-order valence-corrected chi connectivity index (χ4v) is 3.12. The molecule has 0 aliphatic rings. The van der Waals surface area contributed by atoms with E-state index in [9.17, 15) is 0 Å². The molecule has 2 aromatic carbocycles. The highest BCUT2D eigenvalue weighted by atomic mass is 35.5. The predicted molar refractivity (Wildman–Crippen MR) is 88.1 cm³/mol. The van der Waals surface area contributed by atoms with Gasteiger partial charge in [-0.15, -0.1) is 23.7 Å². The zero-order valence-electron chi connectivity index (χ0n) is 11.1. The van der Waals surface area contributed by atoms with Crippen LogP contribution in [0.1, 0.15) is 16.5 Å². The minimum Gasteiger partial charge on any atom is -0.496 e. The Labute approximate surface area is 128 Å². The molecule has 0 spiro atoms. The predicted octanol–water partition coefficient (Wildman–Crippen LogP) is 4.38. The second kappa shape index (κ2) is 6.27. The third-order valence-corrected chi connectivity index (χ3v) is 4.27. The number of hydrogen-bond acceptors (Lipinski definition) is 3. The van der Waals surface area contributed by atoms with E-state index < -0.39 is 0 Å². The Bertz CT molecular complexity index is 697. The molecule has 0 unspecified atom stereocenters. The lowest BCUT2D eigenvalue weighted by atomic mass is 9.97. The molecule has 1 aromatic heterocycles. The molecule has 0 fully saturated rings. The van der Waals surface area contributed by atoms with Crippen molar-refractivity contribution >= 4 is 34.5 Å². The van der Waals surface area contributed by atoms with E-state index in [0.717, 1.165) is 21.6 Å². The van der Waals surface area contributed by atoms with E-state index in [0.29, 0.717) is 0 Å². The molecule has 4 heteroatoms. The van der Waals surface area contributed by atoms with E-state index in [1.54, 1.807) is 18.4 Å². The van der Waals surface area contributed by atoms with Crippen molar-refractivity contribution in [3.8, 4) is 5.75 Å². The number of thiophene rings is 1. The fraction of sp³-hybridized carbons (Fsp3) is 0.125. The Morgan fingerprint density at radius 2 is 1.85 bits per heavy atom. The summed E-state index contributed by atoms with van der Waals surface area (Å²) in [5, 5.41) is 4.39. The Kier molecular flexibility index (Phi) is 4.65. The first-order valence-electron chi connectivity index (χ1n) is 6.16. The Morgan fingerprint density at radius 3 is 2.55 bits per heavy atom. The van der Waals surface area contributed by atoms with Crippen LogP contribution < -0.4 is 10.5 Å². The van der Waals surface area contributed by atoms with Gasteiger partial charge in [0.25, 0.3) is 0 Å². The van der Waals surface area contributed by atoms with Crippen LogP contribution in [-0.4, -0.2) is 7.11 Å². The van der Waals surface area contributed by atoms with Crippen LogP contribution in [0.3, 0.4) is 0 Å². The SMILES string of the molecule is COc1ccc2ccccc2c1[C@H](N)c1cccs1.Cl. The van der Waals surface area contributed by atoms with Gasteiger partial charge in [-0.2, -0.15) is 0 Å². The minimum atomic E-state index is -0.152. The van der Waals surface area contributed by atoms with E-state index in [1.807, 2.05) is 29.6 Å². The van der Waals surface area contributed by atoms with E-state index in [1.165, 1.54) is 5.39 Å². The molecule has 1 atom stereocenters. The minimum absolute atomic E-state index is 0. The van der Waals surface area contributed by atoms with Crippen molar-refractivity contribution in [3.63, 3.8) is 0 Å². The highest BCUT2D eigenvalue weighted by Crippen LogP contribution is 2.36. The first-order chi connectivity index (χ1) is 9.31. The van der Waals surface area contributed by atoms with Gasteiger partial charge in [0.1, 0.15) is 5.75 Å². The molecule has 2 N–H and O–H groups in total. The molecule has 0 saturated heterocycles. The third kappa shape index (κ3) is 2.52. The number of rotatable bonds is 3. The van der Waals surface area contributed by atoms with Gasteiger partial charge in [0.15, 0.2) is 0 Å². The number of halogens is 1. The molecule has 0 aliphatic heterocycles. The average molecular weight is 306 g/mol. The van der Waals surface area contributed by atoms with Gasteiger partial charge in [-0.1, -0.05) is 36.4 Å². The summed E-state index contributed by atoms with van der Waals surface area (Å²) < 4.78 is 5.50. The first-order valence-corrected chi connectivity index (χ1v) is 7.04. The fourth-order valence-electron chi connectivity index (χ4n) is 2.38. The van der Waals surface area contributed by atoms with Crippen LogP contribution >= 0.6 is 23.7 Å². The zero-order chi connectivity index (χ0) is 13.2. The average Bonchev–Trinajstić information content (AvgIpc) is 2.99. The van der Waals surface area contributed by atoms with Crippen LogP contribution in [0, 0.1) is 0 Å². The van der Waals surface area contributed by atoms with Crippen molar-refractivity contribution in [2.24, 2.45) is 5.73 Å². The summed E-state index contributed by atoms with van der Waals surface area (Å²) in [5.41, 5.74) is 7.49. The second-order valence-corrected chi connectivity index (χ2v) is 5.37.